The van der Waals surface area contributed by atoms with E-state index in [1.807, 2.05) is 22.6 Å². The van der Waals surface area contributed by atoms with Crippen LogP contribution >= 0.6 is 31.8 Å². The van der Waals surface area contributed by atoms with Crippen LogP contribution in [0.1, 0.15) is 11.1 Å². The summed E-state index contributed by atoms with van der Waals surface area (Å²) in [6.45, 7) is 1.23. The van der Waals surface area contributed by atoms with E-state index >= 15 is 0 Å². The number of carbonyl (C=O) groups excluding carboxylic acids is 1. The van der Waals surface area contributed by atoms with Crippen molar-refractivity contribution in [2.24, 2.45) is 0 Å². The van der Waals surface area contributed by atoms with Crippen molar-refractivity contribution in [2.45, 2.75) is 19.5 Å². The Morgan fingerprint density at radius 1 is 1.09 bits per heavy atom. The molecule has 3 aromatic carbocycles. The van der Waals surface area contributed by atoms with Crippen LogP contribution in [0.2, 0.25) is 0 Å². The first-order valence-electron chi connectivity index (χ1n) is 9.72. The molecule has 0 spiro atoms. The maximum Gasteiger partial charge on any atom is 0.482 e. The summed E-state index contributed by atoms with van der Waals surface area (Å²) in [7, 11) is 2.25. The molecule has 1 unspecified atom stereocenters. The molecular formula is C23H16F5INO2P. The Kier molecular flexibility index (Phi) is 6.39. The van der Waals surface area contributed by atoms with Crippen molar-refractivity contribution in [1.29, 1.82) is 0 Å². The number of carbonyl (C=O) groups is 1. The molecule has 0 aromatic heterocycles. The van der Waals surface area contributed by atoms with Crippen LogP contribution in [0.3, 0.4) is 0 Å². The van der Waals surface area contributed by atoms with E-state index in [0.717, 1.165) is 16.5 Å². The fourth-order valence-electron chi connectivity index (χ4n) is 3.65. The monoisotopic (exact) mass is 591 g/mol. The lowest BCUT2D eigenvalue weighted by atomic mass is 10.00. The van der Waals surface area contributed by atoms with Crippen molar-refractivity contribution in [2.75, 3.05) is 11.4 Å². The molecule has 0 aliphatic carbocycles. The molecule has 1 amide bonds. The summed E-state index contributed by atoms with van der Waals surface area (Å²) in [5.74, 6) is -5.70. The lowest BCUT2D eigenvalue weighted by Crippen LogP contribution is -2.51. The molecule has 0 bridgehead atoms. The first kappa shape index (κ1) is 23.9. The van der Waals surface area contributed by atoms with Gasteiger partial charge in [0, 0.05) is 32.9 Å². The molecule has 4 rings (SSSR count). The number of fused-ring (bicyclic) bond motifs is 1. The van der Waals surface area contributed by atoms with E-state index in [2.05, 4.69) is 14.0 Å². The van der Waals surface area contributed by atoms with Gasteiger partial charge in [-0.1, -0.05) is 30.3 Å². The Bertz CT molecular complexity index is 1240. The molecule has 3 nitrogen and oxygen atoms in total. The molecule has 1 heterocycles. The van der Waals surface area contributed by atoms with Gasteiger partial charge >= 0.3 is 12.0 Å². The van der Waals surface area contributed by atoms with Crippen LogP contribution in [0.25, 0.3) is 11.1 Å². The number of nitrogens with zero attached hydrogens (tertiary/aromatic N) is 1. The van der Waals surface area contributed by atoms with E-state index in [4.69, 9.17) is 0 Å². The minimum Gasteiger partial charge on any atom is -0.423 e. The van der Waals surface area contributed by atoms with Gasteiger partial charge in [-0.2, -0.15) is 8.78 Å². The normalized spacial score (nSPS) is 14.8. The second-order valence-electron chi connectivity index (χ2n) is 7.47. The van der Waals surface area contributed by atoms with Crippen LogP contribution in [-0.4, -0.2) is 18.6 Å². The third-order valence-electron chi connectivity index (χ3n) is 5.38. The minimum absolute atomic E-state index is 0.0582. The SMILES string of the molecule is Cc1c(F)c(F)c(-c2cc3c(cc2F)OC(F)(F)C(=O)N3CCc2ccccc2)c(P)c1I. The maximum absolute atomic E-state index is 15.0. The van der Waals surface area contributed by atoms with Crippen LogP contribution in [0.4, 0.5) is 27.6 Å². The second kappa shape index (κ2) is 8.83. The number of benzene rings is 3. The van der Waals surface area contributed by atoms with Gasteiger partial charge in [0.1, 0.15) is 5.82 Å². The zero-order valence-corrected chi connectivity index (χ0v) is 20.4. The summed E-state index contributed by atoms with van der Waals surface area (Å²) in [6.07, 6.45) is -3.96. The predicted molar refractivity (Wildman–Crippen MR) is 127 cm³/mol. The summed E-state index contributed by atoms with van der Waals surface area (Å²) in [5.41, 5.74) is -0.0571. The number of alkyl halides is 2. The summed E-state index contributed by atoms with van der Waals surface area (Å²) in [4.78, 5) is 13.3. The molecule has 0 saturated carbocycles. The largest absolute Gasteiger partial charge is 0.482 e. The minimum atomic E-state index is -4.19. The lowest BCUT2D eigenvalue weighted by molar-refractivity contribution is -0.192. The van der Waals surface area contributed by atoms with Crippen LogP contribution in [0.5, 0.6) is 5.75 Å². The van der Waals surface area contributed by atoms with Crippen LogP contribution in [0.15, 0.2) is 42.5 Å². The molecular weight excluding hydrogens is 575 g/mol. The molecule has 10 heteroatoms. The molecule has 0 N–H and O–H groups in total. The summed E-state index contributed by atoms with van der Waals surface area (Å²) in [6, 6.07) is 10.6. The molecule has 0 saturated heterocycles. The standard InChI is InChI=1S/C23H16F5INO2P/c1-11-18(25)19(26)17(21(33)20(11)29)13-9-15-16(10-14(13)24)32-23(27,28)22(31)30(15)8-7-12-5-3-2-4-6-12/h2-6,9-10H,7-8,33H2,1H3. The van der Waals surface area contributed by atoms with E-state index in [0.29, 0.717) is 9.64 Å². The van der Waals surface area contributed by atoms with E-state index in [9.17, 15) is 26.7 Å². The summed E-state index contributed by atoms with van der Waals surface area (Å²) < 4.78 is 77.6. The molecule has 172 valence electrons. The Morgan fingerprint density at radius 2 is 1.76 bits per heavy atom. The smallest absolute Gasteiger partial charge is 0.423 e. The fourth-order valence-corrected chi connectivity index (χ4v) is 4.65. The highest BCUT2D eigenvalue weighted by Crippen LogP contribution is 2.43. The number of hydrogen-bond donors (Lipinski definition) is 0. The average molecular weight is 591 g/mol. The van der Waals surface area contributed by atoms with Gasteiger partial charge in [-0.25, -0.2) is 13.2 Å². The molecule has 1 atom stereocenters. The third-order valence-corrected chi connectivity index (χ3v) is 7.94. The molecule has 3 aromatic rings. The molecule has 1 aliphatic rings. The number of anilines is 1. The van der Waals surface area contributed by atoms with Crippen LogP contribution in [0, 0.1) is 27.9 Å². The van der Waals surface area contributed by atoms with Gasteiger partial charge in [-0.15, -0.1) is 9.24 Å². The lowest BCUT2D eigenvalue weighted by Gasteiger charge is -2.34. The molecule has 0 fully saturated rings. The fraction of sp³-hybridized carbons (Fsp3) is 0.174. The van der Waals surface area contributed by atoms with Crippen molar-refractivity contribution >= 4 is 48.7 Å². The predicted octanol–water partition coefficient (Wildman–Crippen LogP) is 5.75. The number of hydrogen-bond acceptors (Lipinski definition) is 2. The Hall–Kier alpha value is -2.26. The maximum atomic E-state index is 15.0. The number of rotatable bonds is 4. The quantitative estimate of drug-likeness (QED) is 0.168. The molecule has 0 radical (unpaired) electrons. The number of ether oxygens (including phenoxy) is 1. The first-order valence-corrected chi connectivity index (χ1v) is 11.4. The Labute approximate surface area is 202 Å². The molecule has 1 aliphatic heterocycles. The van der Waals surface area contributed by atoms with Gasteiger partial charge in [-0.3, -0.25) is 9.69 Å². The zero-order valence-electron chi connectivity index (χ0n) is 17.1. The highest BCUT2D eigenvalue weighted by atomic mass is 127. The van der Waals surface area contributed by atoms with Crippen molar-refractivity contribution in [3.63, 3.8) is 0 Å². The van der Waals surface area contributed by atoms with Gasteiger partial charge in [-0.05, 0) is 52.9 Å². The zero-order chi connectivity index (χ0) is 24.1. The van der Waals surface area contributed by atoms with Gasteiger partial charge in [0.05, 0.1) is 5.69 Å². The second-order valence-corrected chi connectivity index (χ2v) is 9.12. The third kappa shape index (κ3) is 4.21. The van der Waals surface area contributed by atoms with E-state index in [1.165, 1.54) is 6.92 Å². The van der Waals surface area contributed by atoms with Crippen molar-refractivity contribution in [1.82, 2.24) is 0 Å². The van der Waals surface area contributed by atoms with Gasteiger partial charge < -0.3 is 4.74 Å². The van der Waals surface area contributed by atoms with Crippen molar-refractivity contribution in [3.05, 3.63) is 74.6 Å². The summed E-state index contributed by atoms with van der Waals surface area (Å²) in [5, 5.41) is 0.204. The van der Waals surface area contributed by atoms with E-state index in [1.54, 1.807) is 30.3 Å². The van der Waals surface area contributed by atoms with E-state index in [-0.39, 0.29) is 40.6 Å². The van der Waals surface area contributed by atoms with Crippen molar-refractivity contribution < 1.29 is 31.5 Å². The van der Waals surface area contributed by atoms with E-state index < -0.39 is 35.2 Å². The van der Waals surface area contributed by atoms with Gasteiger partial charge in [0.15, 0.2) is 17.4 Å². The molecule has 33 heavy (non-hydrogen) atoms. The van der Waals surface area contributed by atoms with Gasteiger partial charge in [0.2, 0.25) is 0 Å². The highest BCUT2D eigenvalue weighted by Gasteiger charge is 2.50. The number of halogens is 6. The summed E-state index contributed by atoms with van der Waals surface area (Å²) >= 11 is 1.81. The van der Waals surface area contributed by atoms with Crippen LogP contribution in [-0.2, 0) is 11.2 Å². The number of amides is 1. The van der Waals surface area contributed by atoms with Crippen LogP contribution < -0.4 is 14.9 Å². The average Bonchev–Trinajstić information content (AvgIpc) is 2.78. The first-order chi connectivity index (χ1) is 15.5. The Morgan fingerprint density at radius 3 is 2.42 bits per heavy atom. The topological polar surface area (TPSA) is 29.5 Å². The highest BCUT2D eigenvalue weighted by molar-refractivity contribution is 14.1. The van der Waals surface area contributed by atoms with Crippen molar-refractivity contribution in [3.8, 4) is 16.9 Å². The van der Waals surface area contributed by atoms with Gasteiger partial charge in [0.25, 0.3) is 0 Å². The Balaban J connectivity index is 1.86.